The molecule has 140 valence electrons. The molecule has 0 spiro atoms. The van der Waals surface area contributed by atoms with E-state index in [1.165, 1.54) is 0 Å². The van der Waals surface area contributed by atoms with Crippen molar-refractivity contribution in [1.29, 1.82) is 0 Å². The summed E-state index contributed by atoms with van der Waals surface area (Å²) in [4.78, 5) is 25.1. The van der Waals surface area contributed by atoms with Gasteiger partial charge in [0.25, 0.3) is 0 Å². The van der Waals surface area contributed by atoms with E-state index in [4.69, 9.17) is 14.2 Å². The van der Waals surface area contributed by atoms with Gasteiger partial charge < -0.3 is 14.2 Å². The fourth-order valence-corrected chi connectivity index (χ4v) is 3.53. The Morgan fingerprint density at radius 3 is 2.59 bits per heavy atom. The van der Waals surface area contributed by atoms with E-state index in [0.29, 0.717) is 5.56 Å². The summed E-state index contributed by atoms with van der Waals surface area (Å²) in [5.74, 6) is -2.48. The second kappa shape index (κ2) is 6.20. The lowest BCUT2D eigenvalue weighted by molar-refractivity contribution is -0.161. The van der Waals surface area contributed by atoms with Crippen LogP contribution in [0.3, 0.4) is 0 Å². The molecule has 0 N–H and O–H groups in total. The zero-order chi connectivity index (χ0) is 19.2. The molecule has 2 aromatic rings. The summed E-state index contributed by atoms with van der Waals surface area (Å²) in [6, 6.07) is 13.2. The Morgan fingerprint density at radius 2 is 1.85 bits per heavy atom. The van der Waals surface area contributed by atoms with E-state index in [9.17, 15) is 9.59 Å². The lowest BCUT2D eigenvalue weighted by Crippen LogP contribution is -2.35. The highest BCUT2D eigenvalue weighted by atomic mass is 16.7. The minimum absolute atomic E-state index is 0.266. The summed E-state index contributed by atoms with van der Waals surface area (Å²) in [6.07, 6.45) is 3.33. The van der Waals surface area contributed by atoms with Crippen molar-refractivity contribution < 1.29 is 23.8 Å². The first-order valence-corrected chi connectivity index (χ1v) is 9.07. The van der Waals surface area contributed by atoms with Crippen molar-refractivity contribution in [2.24, 2.45) is 5.92 Å². The summed E-state index contributed by atoms with van der Waals surface area (Å²) in [5, 5.41) is 2.01. The molecule has 4 rings (SSSR count). The number of carbonyl (C=O) groups is 2. The first kappa shape index (κ1) is 17.7. The molecule has 2 aromatic carbocycles. The molecule has 1 saturated heterocycles. The van der Waals surface area contributed by atoms with Crippen molar-refractivity contribution in [2.75, 3.05) is 0 Å². The van der Waals surface area contributed by atoms with Crippen molar-refractivity contribution in [3.63, 3.8) is 0 Å². The molecule has 0 amide bonds. The molecule has 5 heteroatoms. The van der Waals surface area contributed by atoms with Gasteiger partial charge in [-0.05, 0) is 49.8 Å². The molecule has 5 nitrogen and oxygen atoms in total. The van der Waals surface area contributed by atoms with Gasteiger partial charge in [-0.15, -0.1) is 0 Å². The first-order chi connectivity index (χ1) is 12.7. The monoisotopic (exact) mass is 366 g/mol. The smallest absolute Gasteiger partial charge is 0.340 e. The molecule has 0 aliphatic carbocycles. The van der Waals surface area contributed by atoms with Gasteiger partial charge in [0.1, 0.15) is 5.60 Å². The molecule has 1 fully saturated rings. The molecule has 27 heavy (non-hydrogen) atoms. The highest BCUT2D eigenvalue weighted by Gasteiger charge is 2.55. The van der Waals surface area contributed by atoms with Crippen LogP contribution in [0.2, 0.25) is 0 Å². The lowest BCUT2D eigenvalue weighted by atomic mass is 9.92. The third-order valence-corrected chi connectivity index (χ3v) is 4.74. The Morgan fingerprint density at radius 1 is 1.11 bits per heavy atom. The molecular weight excluding hydrogens is 344 g/mol. The molecule has 3 atom stereocenters. The predicted octanol–water partition coefficient (Wildman–Crippen LogP) is 4.01. The highest BCUT2D eigenvalue weighted by Crippen LogP contribution is 2.44. The highest BCUT2D eigenvalue weighted by molar-refractivity contribution is 5.95. The van der Waals surface area contributed by atoms with Crippen LogP contribution in [0.1, 0.15) is 37.6 Å². The predicted molar refractivity (Wildman–Crippen MR) is 100 cm³/mol. The maximum absolute atomic E-state index is 12.7. The number of hydrogen-bond acceptors (Lipinski definition) is 5. The van der Waals surface area contributed by atoms with E-state index in [2.05, 4.69) is 0 Å². The minimum atomic E-state index is -1.20. The minimum Gasteiger partial charge on any atom is -0.460 e. The maximum atomic E-state index is 12.7. The van der Waals surface area contributed by atoms with Crippen LogP contribution < -0.4 is 0 Å². The summed E-state index contributed by atoms with van der Waals surface area (Å²) in [7, 11) is 0. The van der Waals surface area contributed by atoms with Crippen molar-refractivity contribution in [1.82, 2.24) is 0 Å². The number of hydrogen-bond donors (Lipinski definition) is 0. The van der Waals surface area contributed by atoms with Crippen molar-refractivity contribution in [3.8, 4) is 0 Å². The third kappa shape index (κ3) is 3.47. The molecule has 2 heterocycles. The maximum Gasteiger partial charge on any atom is 0.340 e. The average molecular weight is 366 g/mol. The van der Waals surface area contributed by atoms with Crippen LogP contribution in [0.4, 0.5) is 0 Å². The standard InChI is InChI=1S/C22H22O5/c1-21(2,3)26-20(24)17-13-22(11-10-18(17)25-22)27-19(23)16-9-8-14-6-4-5-7-15(14)12-16/h4-12,17-18H,13H2,1-3H3. The van der Waals surface area contributed by atoms with Gasteiger partial charge in [0.05, 0.1) is 17.6 Å². The van der Waals surface area contributed by atoms with Gasteiger partial charge in [-0.2, -0.15) is 0 Å². The first-order valence-electron chi connectivity index (χ1n) is 9.07. The Labute approximate surface area is 157 Å². The summed E-state index contributed by atoms with van der Waals surface area (Å²) < 4.78 is 17.0. The fraction of sp³-hybridized carbons (Fsp3) is 0.364. The van der Waals surface area contributed by atoms with Gasteiger partial charge in [-0.3, -0.25) is 4.79 Å². The number of esters is 2. The number of carbonyl (C=O) groups excluding carboxylic acids is 2. The van der Waals surface area contributed by atoms with Crippen LogP contribution in [-0.2, 0) is 19.0 Å². The van der Waals surface area contributed by atoms with Gasteiger partial charge in [-0.25, -0.2) is 4.79 Å². The van der Waals surface area contributed by atoms with E-state index in [0.717, 1.165) is 10.8 Å². The normalized spacial score (nSPS) is 26.3. The second-order valence-corrected chi connectivity index (χ2v) is 8.05. The molecule has 0 saturated carbocycles. The van der Waals surface area contributed by atoms with Crippen LogP contribution in [0, 0.1) is 5.92 Å². The number of ether oxygens (including phenoxy) is 3. The van der Waals surface area contributed by atoms with Crippen LogP contribution in [0.5, 0.6) is 0 Å². The van der Waals surface area contributed by atoms with Crippen molar-refractivity contribution in [3.05, 3.63) is 60.2 Å². The molecule has 2 aliphatic heterocycles. The van der Waals surface area contributed by atoms with Gasteiger partial charge in [0.2, 0.25) is 5.79 Å². The van der Waals surface area contributed by atoms with Crippen molar-refractivity contribution in [2.45, 2.75) is 44.7 Å². The zero-order valence-electron chi connectivity index (χ0n) is 15.6. The summed E-state index contributed by atoms with van der Waals surface area (Å²) >= 11 is 0. The summed E-state index contributed by atoms with van der Waals surface area (Å²) in [5.41, 5.74) is -0.123. The third-order valence-electron chi connectivity index (χ3n) is 4.74. The Balaban J connectivity index is 1.50. The fourth-order valence-electron chi connectivity index (χ4n) is 3.53. The molecule has 3 unspecified atom stereocenters. The largest absolute Gasteiger partial charge is 0.460 e. The topological polar surface area (TPSA) is 61.8 Å². The molecule has 0 aromatic heterocycles. The molecule has 0 radical (unpaired) electrons. The van der Waals surface area contributed by atoms with E-state index < -0.39 is 29.4 Å². The molecule has 2 bridgehead atoms. The van der Waals surface area contributed by atoms with Gasteiger partial charge in [0, 0.05) is 6.42 Å². The van der Waals surface area contributed by atoms with Crippen LogP contribution in [0.25, 0.3) is 10.8 Å². The molecule has 2 aliphatic rings. The quantitative estimate of drug-likeness (QED) is 0.607. The van der Waals surface area contributed by atoms with Gasteiger partial charge in [0.15, 0.2) is 0 Å². The van der Waals surface area contributed by atoms with E-state index in [-0.39, 0.29) is 12.4 Å². The van der Waals surface area contributed by atoms with Crippen LogP contribution >= 0.6 is 0 Å². The molecular formula is C22H22O5. The number of fused-ring (bicyclic) bond motifs is 3. The Kier molecular flexibility index (Phi) is 4.07. The average Bonchev–Trinajstić information content (AvgIpc) is 3.18. The zero-order valence-corrected chi connectivity index (χ0v) is 15.6. The van der Waals surface area contributed by atoms with E-state index >= 15 is 0 Å². The van der Waals surface area contributed by atoms with E-state index in [1.807, 2.05) is 51.1 Å². The number of benzene rings is 2. The van der Waals surface area contributed by atoms with Gasteiger partial charge >= 0.3 is 11.9 Å². The van der Waals surface area contributed by atoms with Gasteiger partial charge in [-0.1, -0.05) is 36.4 Å². The van der Waals surface area contributed by atoms with E-state index in [1.54, 1.807) is 24.3 Å². The Bertz CT molecular complexity index is 939. The van der Waals surface area contributed by atoms with Crippen LogP contribution in [-0.4, -0.2) is 29.4 Å². The summed E-state index contributed by atoms with van der Waals surface area (Å²) in [6.45, 7) is 5.47. The lowest BCUT2D eigenvalue weighted by Gasteiger charge is -2.25. The van der Waals surface area contributed by atoms with Crippen molar-refractivity contribution >= 4 is 22.7 Å². The van der Waals surface area contributed by atoms with Crippen LogP contribution in [0.15, 0.2) is 54.6 Å². The number of rotatable bonds is 3. The Hall–Kier alpha value is -2.66. The SMILES string of the molecule is CC(C)(C)OC(=O)C1CC2(OC(=O)c3ccc4ccccc4c3)C=CC1O2. The second-order valence-electron chi connectivity index (χ2n) is 8.05.